The fourth-order valence-corrected chi connectivity index (χ4v) is 3.91. The fourth-order valence-electron chi connectivity index (χ4n) is 2.15. The molecule has 1 saturated heterocycles. The second kappa shape index (κ2) is 3.79. The molecule has 0 radical (unpaired) electrons. The van der Waals surface area contributed by atoms with Gasteiger partial charge in [-0.3, -0.25) is 0 Å². The Morgan fingerprint density at radius 1 is 1.46 bits per heavy atom. The summed E-state index contributed by atoms with van der Waals surface area (Å²) in [6, 6.07) is 0. The lowest BCUT2D eigenvalue weighted by Crippen LogP contribution is -2.52. The molecule has 2 aliphatic rings. The van der Waals surface area contributed by atoms with Gasteiger partial charge in [-0.05, 0) is 31.7 Å². The van der Waals surface area contributed by atoms with Crippen molar-refractivity contribution < 1.29 is 4.74 Å². The summed E-state index contributed by atoms with van der Waals surface area (Å²) in [7, 11) is 1.81. The van der Waals surface area contributed by atoms with Gasteiger partial charge in [-0.15, -0.1) is 11.8 Å². The molecule has 1 aliphatic carbocycles. The van der Waals surface area contributed by atoms with Gasteiger partial charge in [0.1, 0.15) is 0 Å². The highest BCUT2D eigenvalue weighted by atomic mass is 32.2. The maximum Gasteiger partial charge on any atom is 0.0912 e. The van der Waals surface area contributed by atoms with E-state index in [1.165, 1.54) is 19.3 Å². The zero-order valence-corrected chi connectivity index (χ0v) is 9.32. The molecule has 0 spiro atoms. The second-order valence-corrected chi connectivity index (χ2v) is 6.01. The van der Waals surface area contributed by atoms with Crippen LogP contribution < -0.4 is 5.32 Å². The van der Waals surface area contributed by atoms with Gasteiger partial charge >= 0.3 is 0 Å². The number of methoxy groups -OCH3 is 1. The molecule has 0 aromatic rings. The average Bonchev–Trinajstić information content (AvgIpc) is 2.86. The molecule has 1 aliphatic heterocycles. The van der Waals surface area contributed by atoms with E-state index in [9.17, 15) is 0 Å². The van der Waals surface area contributed by atoms with Crippen molar-refractivity contribution in [1.29, 1.82) is 0 Å². The molecule has 1 heterocycles. The first-order chi connectivity index (χ1) is 6.27. The highest BCUT2D eigenvalue weighted by Crippen LogP contribution is 2.49. The maximum atomic E-state index is 5.35. The van der Waals surface area contributed by atoms with E-state index in [0.717, 1.165) is 24.3 Å². The zero-order chi connectivity index (χ0) is 9.31. The van der Waals surface area contributed by atoms with Gasteiger partial charge in [0, 0.05) is 12.4 Å². The molecule has 2 fully saturated rings. The van der Waals surface area contributed by atoms with Gasteiger partial charge in [0.25, 0.3) is 0 Å². The van der Waals surface area contributed by atoms with Crippen molar-refractivity contribution in [2.75, 3.05) is 20.3 Å². The van der Waals surface area contributed by atoms with Crippen molar-refractivity contribution >= 4 is 11.8 Å². The lowest BCUT2D eigenvalue weighted by molar-refractivity contribution is 0.140. The lowest BCUT2D eigenvalue weighted by Gasteiger charge is -2.40. The Bertz CT molecular complexity index is 180. The molecule has 2 rings (SSSR count). The minimum absolute atomic E-state index is 0.256. The van der Waals surface area contributed by atoms with E-state index in [1.54, 1.807) is 0 Å². The summed E-state index contributed by atoms with van der Waals surface area (Å²) in [5.74, 6) is 0.861. The van der Waals surface area contributed by atoms with Crippen LogP contribution in [0.25, 0.3) is 0 Å². The maximum absolute atomic E-state index is 5.35. The number of nitrogens with one attached hydrogen (secondary N) is 1. The molecule has 2 atom stereocenters. The Kier molecular flexibility index (Phi) is 2.86. The van der Waals surface area contributed by atoms with E-state index in [4.69, 9.17) is 4.74 Å². The Balaban J connectivity index is 2.02. The average molecular weight is 201 g/mol. The van der Waals surface area contributed by atoms with Crippen molar-refractivity contribution in [1.82, 2.24) is 5.32 Å². The van der Waals surface area contributed by atoms with Gasteiger partial charge < -0.3 is 10.1 Å². The van der Waals surface area contributed by atoms with Crippen molar-refractivity contribution in [2.45, 2.75) is 36.3 Å². The first-order valence-electron chi connectivity index (χ1n) is 5.18. The topological polar surface area (TPSA) is 21.3 Å². The molecule has 13 heavy (non-hydrogen) atoms. The largest absolute Gasteiger partial charge is 0.382 e. The van der Waals surface area contributed by atoms with Crippen LogP contribution in [0.1, 0.15) is 26.2 Å². The molecule has 1 saturated carbocycles. The molecule has 2 unspecified atom stereocenters. The molecule has 3 heteroatoms. The number of thioether (sulfide) groups is 1. The van der Waals surface area contributed by atoms with Crippen LogP contribution in [-0.2, 0) is 4.74 Å². The molecule has 2 nitrogen and oxygen atoms in total. The third-order valence-corrected chi connectivity index (χ3v) is 4.64. The lowest BCUT2D eigenvalue weighted by atomic mass is 10.1. The summed E-state index contributed by atoms with van der Waals surface area (Å²) in [5.41, 5.74) is 0. The van der Waals surface area contributed by atoms with E-state index in [0.29, 0.717) is 0 Å². The van der Waals surface area contributed by atoms with E-state index < -0.39 is 0 Å². The van der Waals surface area contributed by atoms with Crippen LogP contribution in [0.2, 0.25) is 0 Å². The summed E-state index contributed by atoms with van der Waals surface area (Å²) in [6.45, 7) is 4.36. The van der Waals surface area contributed by atoms with Crippen LogP contribution in [-0.4, -0.2) is 30.4 Å². The molecular formula is C10H19NOS. The summed E-state index contributed by atoms with van der Waals surface area (Å²) >= 11 is 2.09. The molecule has 0 aromatic heterocycles. The van der Waals surface area contributed by atoms with E-state index in [2.05, 4.69) is 24.0 Å². The Labute approximate surface area is 84.8 Å². The monoisotopic (exact) mass is 201 g/mol. The molecule has 76 valence electrons. The smallest absolute Gasteiger partial charge is 0.0912 e. The number of ether oxygens (including phenoxy) is 1. The first-order valence-corrected chi connectivity index (χ1v) is 6.06. The van der Waals surface area contributed by atoms with Crippen molar-refractivity contribution in [2.24, 2.45) is 5.92 Å². The first kappa shape index (κ1) is 9.81. The van der Waals surface area contributed by atoms with Gasteiger partial charge in [0.15, 0.2) is 0 Å². The van der Waals surface area contributed by atoms with E-state index in [-0.39, 0.29) is 4.87 Å². The third kappa shape index (κ3) is 2.03. The second-order valence-electron chi connectivity index (χ2n) is 4.24. The van der Waals surface area contributed by atoms with Gasteiger partial charge in [-0.25, -0.2) is 0 Å². The molecule has 0 amide bonds. The van der Waals surface area contributed by atoms with Crippen molar-refractivity contribution in [3.8, 4) is 0 Å². The minimum atomic E-state index is 0.256. The van der Waals surface area contributed by atoms with Gasteiger partial charge in [-0.1, -0.05) is 6.92 Å². The zero-order valence-electron chi connectivity index (χ0n) is 8.51. The van der Waals surface area contributed by atoms with Crippen LogP contribution in [0, 0.1) is 5.92 Å². The van der Waals surface area contributed by atoms with Crippen LogP contribution in [0.4, 0.5) is 0 Å². The van der Waals surface area contributed by atoms with Gasteiger partial charge in [-0.2, -0.15) is 0 Å². The van der Waals surface area contributed by atoms with Crippen molar-refractivity contribution in [3.05, 3.63) is 0 Å². The van der Waals surface area contributed by atoms with Gasteiger partial charge in [0.05, 0.1) is 11.5 Å². The Morgan fingerprint density at radius 3 is 2.77 bits per heavy atom. The van der Waals surface area contributed by atoms with E-state index in [1.807, 2.05) is 7.11 Å². The summed E-state index contributed by atoms with van der Waals surface area (Å²) in [6.07, 6.45) is 4.06. The highest BCUT2D eigenvalue weighted by molar-refractivity contribution is 8.01. The number of hydrogen-bond donors (Lipinski definition) is 1. The number of rotatable bonds is 3. The molecular weight excluding hydrogens is 182 g/mol. The van der Waals surface area contributed by atoms with Gasteiger partial charge in [0.2, 0.25) is 0 Å². The van der Waals surface area contributed by atoms with Crippen LogP contribution >= 0.6 is 11.8 Å². The van der Waals surface area contributed by atoms with Crippen LogP contribution in [0.15, 0.2) is 0 Å². The highest BCUT2D eigenvalue weighted by Gasteiger charge is 2.47. The summed E-state index contributed by atoms with van der Waals surface area (Å²) in [5, 5.41) is 4.45. The summed E-state index contributed by atoms with van der Waals surface area (Å²) < 4.78 is 5.35. The molecule has 0 aromatic carbocycles. The molecule has 0 bridgehead atoms. The SMILES string of the molecule is COCC1(C2CC2)NCCC(C)S1. The predicted molar refractivity (Wildman–Crippen MR) is 57.0 cm³/mol. The van der Waals surface area contributed by atoms with Crippen LogP contribution in [0.5, 0.6) is 0 Å². The minimum Gasteiger partial charge on any atom is -0.382 e. The van der Waals surface area contributed by atoms with Crippen LogP contribution in [0.3, 0.4) is 0 Å². The summed E-state index contributed by atoms with van der Waals surface area (Å²) in [4.78, 5) is 0.256. The normalized spacial score (nSPS) is 40.6. The Morgan fingerprint density at radius 2 is 2.23 bits per heavy atom. The predicted octanol–water partition coefficient (Wildman–Crippen LogP) is 1.85. The standard InChI is InChI=1S/C10H19NOS/c1-8-5-6-11-10(13-8,7-12-2)9-3-4-9/h8-9,11H,3-7H2,1-2H3. The number of hydrogen-bond acceptors (Lipinski definition) is 3. The quantitative estimate of drug-likeness (QED) is 0.753. The van der Waals surface area contributed by atoms with Crippen molar-refractivity contribution in [3.63, 3.8) is 0 Å². The molecule has 1 N–H and O–H groups in total. The fraction of sp³-hybridized carbons (Fsp3) is 1.00. The third-order valence-electron chi connectivity index (χ3n) is 2.98. The Hall–Kier alpha value is 0.270. The van der Waals surface area contributed by atoms with E-state index >= 15 is 0 Å².